The second-order valence-electron chi connectivity index (χ2n) is 16.0. The Hall–Kier alpha value is -7.86. The molecular weight excluding hydrogens is 889 g/mol. The number of fused-ring (bicyclic) bond motifs is 3. The highest BCUT2D eigenvalue weighted by Gasteiger charge is 2.36. The minimum absolute atomic E-state index is 0.0106. The van der Waals surface area contributed by atoms with Gasteiger partial charge in [-0.15, -0.1) is 0 Å². The predicted molar refractivity (Wildman–Crippen MR) is 268 cm³/mol. The Morgan fingerprint density at radius 3 is 1.93 bits per heavy atom. The number of hydrogen-bond donors (Lipinski definition) is 3. The van der Waals surface area contributed by atoms with Gasteiger partial charge in [-0.25, -0.2) is 49.6 Å². The van der Waals surface area contributed by atoms with E-state index in [2.05, 4.69) is 66.3 Å². The van der Waals surface area contributed by atoms with E-state index in [0.29, 0.717) is 35.9 Å². The monoisotopic (exact) mass is 974 g/mol. The number of H-pyrrole nitrogens is 3. The molecule has 3 fully saturated rings. The topological polar surface area (TPSA) is 208 Å². The van der Waals surface area contributed by atoms with Crippen LogP contribution in [0.25, 0.3) is 47.6 Å². The Kier molecular flexibility index (Phi) is 8.99. The third-order valence-electron chi connectivity index (χ3n) is 11.7. The van der Waals surface area contributed by atoms with Crippen molar-refractivity contribution in [1.29, 1.82) is 0 Å². The normalized spacial score (nSPS) is 31.1. The largest absolute Gasteiger partial charge is 0.354 e. The van der Waals surface area contributed by atoms with Gasteiger partial charge in [0, 0.05) is 97.5 Å². The summed E-state index contributed by atoms with van der Waals surface area (Å²) in [5.74, 6) is -8.12. The summed E-state index contributed by atoms with van der Waals surface area (Å²) in [5, 5.41) is 1.06. The van der Waals surface area contributed by atoms with Crippen LogP contribution in [0.1, 0.15) is 77.1 Å². The van der Waals surface area contributed by atoms with Gasteiger partial charge in [0.1, 0.15) is 60.2 Å². The lowest BCUT2D eigenvalue weighted by molar-refractivity contribution is -0.131. The van der Waals surface area contributed by atoms with Crippen LogP contribution in [0.3, 0.4) is 0 Å². The molecule has 0 spiro atoms. The van der Waals surface area contributed by atoms with E-state index < -0.39 is 135 Å². The number of rotatable bonds is 9. The summed E-state index contributed by atoms with van der Waals surface area (Å²) in [4.78, 5) is 84.4. The third kappa shape index (κ3) is 11.0. The highest BCUT2D eigenvalue weighted by molar-refractivity contribution is 5.89. The van der Waals surface area contributed by atoms with Crippen LogP contribution in [0.2, 0.25) is 0 Å². The molecule has 6 atom stereocenters. The second kappa shape index (κ2) is 22.5. The van der Waals surface area contributed by atoms with Crippen molar-refractivity contribution >= 4 is 68.3 Å². The summed E-state index contributed by atoms with van der Waals surface area (Å²) in [7, 11) is 3.63. The SMILES string of the molecule is [2H]C([2H])([N+]#[C-])C(=O)N1CC[C@@H](C([2H])([2H])[2H])[C@@H](N(C)c2ncnc3[nH]ccc23)C1.[2H]C([2H])([N+]#[C-])C(=O)N1CC[C@@H](C)[C@@H](N(C)c2ncnc3[nH]ccc23)C1.[2H]c1nc(N(C([2H])([2H])[2H])[C@@]2([2H])C([2H])([2H])N(C(=O)C[N+]#[C-])C([2H])([2H])C([2H])([2H])[C@@]2([2H])C([2H])([2H])[2H])c2c([2H])c(C)[nH]c2n1. The molecule has 366 valence electrons. The first-order valence-electron chi connectivity index (χ1n) is 32.9. The van der Waals surface area contributed by atoms with E-state index in [1.54, 1.807) is 30.4 Å². The lowest BCUT2D eigenvalue weighted by atomic mass is 9.92. The molecule has 0 bridgehead atoms. The van der Waals surface area contributed by atoms with Crippen molar-refractivity contribution in [2.24, 2.45) is 17.7 Å². The quantitative estimate of drug-likeness (QED) is 0.164. The number of aryl methyl sites for hydroxylation is 1. The van der Waals surface area contributed by atoms with Crippen LogP contribution in [-0.2, 0) is 14.4 Å². The van der Waals surface area contributed by atoms with Crippen LogP contribution in [0.15, 0.2) is 49.5 Å². The van der Waals surface area contributed by atoms with E-state index in [1.807, 2.05) is 18.0 Å². The number of anilines is 3. The molecule has 0 radical (unpaired) electrons. The minimum atomic E-state index is -4.36. The van der Waals surface area contributed by atoms with Crippen molar-refractivity contribution in [3.8, 4) is 0 Å². The number of aromatic amines is 3. The smallest absolute Gasteiger partial charge is 0.302 e. The zero-order chi connectivity index (χ0) is 70.1. The molecule has 0 unspecified atom stereocenters. The van der Waals surface area contributed by atoms with Crippen molar-refractivity contribution in [3.05, 3.63) is 89.5 Å². The van der Waals surface area contributed by atoms with Crippen LogP contribution in [0.5, 0.6) is 0 Å². The van der Waals surface area contributed by atoms with Gasteiger partial charge >= 0.3 is 17.7 Å². The van der Waals surface area contributed by atoms with Crippen LogP contribution in [0, 0.1) is 44.4 Å². The molecule has 0 aromatic carbocycles. The summed E-state index contributed by atoms with van der Waals surface area (Å²) in [6, 6.07) is -1.80. The number of nitrogens with zero attached hydrogens (tertiary/aromatic N) is 15. The third-order valence-corrected chi connectivity index (χ3v) is 11.7. The average molecular weight is 974 g/mol. The number of nitrogens with one attached hydrogen (secondary N) is 3. The number of likely N-dealkylation sites (N-methyl/N-ethyl adjacent to an activating group) is 3. The van der Waals surface area contributed by atoms with E-state index in [4.69, 9.17) is 49.9 Å². The Bertz CT molecular complexity index is 3950. The number of hydrogen-bond acceptors (Lipinski definition) is 12. The van der Waals surface area contributed by atoms with Gasteiger partial charge in [0.2, 0.25) is 0 Å². The van der Waals surface area contributed by atoms with E-state index >= 15 is 0 Å². The number of piperidine rings is 3. The molecule has 3 saturated heterocycles. The summed E-state index contributed by atoms with van der Waals surface area (Å²) in [5.41, 5.74) is 1.02. The van der Waals surface area contributed by atoms with Gasteiger partial charge in [-0.1, -0.05) is 20.6 Å². The van der Waals surface area contributed by atoms with Gasteiger partial charge in [-0.05, 0) is 62.0 Å². The number of likely N-dealkylation sites (tertiary alicyclic amines) is 3. The van der Waals surface area contributed by atoms with Crippen LogP contribution < -0.4 is 14.7 Å². The lowest BCUT2D eigenvalue weighted by Gasteiger charge is -2.41. The van der Waals surface area contributed by atoms with Gasteiger partial charge < -0.3 is 58.9 Å². The molecule has 9 rings (SSSR count). The Morgan fingerprint density at radius 1 is 0.786 bits per heavy atom. The number of aromatic nitrogens is 9. The lowest BCUT2D eigenvalue weighted by Crippen LogP contribution is -2.53. The van der Waals surface area contributed by atoms with E-state index in [-0.39, 0.29) is 36.9 Å². The van der Waals surface area contributed by atoms with E-state index in [0.717, 1.165) is 23.3 Å². The van der Waals surface area contributed by atoms with Crippen LogP contribution in [0.4, 0.5) is 17.5 Å². The van der Waals surface area contributed by atoms with Crippen molar-refractivity contribution < 1.29 is 45.9 Å². The molecule has 3 aliphatic rings. The fourth-order valence-electron chi connectivity index (χ4n) is 8.07. The van der Waals surface area contributed by atoms with Gasteiger partial charge in [-0.3, -0.25) is 14.4 Å². The number of amides is 3. The van der Waals surface area contributed by atoms with Crippen LogP contribution in [-0.4, -0.2) is 175 Å². The average Bonchev–Trinajstić information content (AvgIpc) is 0.767. The number of carbonyl (C=O) groups excluding carboxylic acids is 3. The molecule has 6 aromatic heterocycles. The summed E-state index contributed by atoms with van der Waals surface area (Å²) >= 11 is 0. The summed E-state index contributed by atoms with van der Waals surface area (Å²) < 4.78 is 188. The number of carbonyl (C=O) groups is 3. The van der Waals surface area contributed by atoms with Gasteiger partial charge in [0.25, 0.3) is 19.5 Å². The summed E-state index contributed by atoms with van der Waals surface area (Å²) in [6.45, 7) is 0.115. The molecule has 6 aromatic rings. The van der Waals surface area contributed by atoms with E-state index in [1.165, 1.54) is 29.4 Å². The van der Waals surface area contributed by atoms with Crippen molar-refractivity contribution in [3.63, 3.8) is 0 Å². The summed E-state index contributed by atoms with van der Waals surface area (Å²) in [6.07, 6.45) is 2.12. The van der Waals surface area contributed by atoms with Crippen molar-refractivity contribution in [2.75, 3.05) is 94.5 Å². The second-order valence-corrected chi connectivity index (χ2v) is 16.0. The zero-order valence-corrected chi connectivity index (χ0v) is 38.2. The highest BCUT2D eigenvalue weighted by atomic mass is 16.2. The Labute approximate surface area is 440 Å². The zero-order valence-electron chi connectivity index (χ0n) is 61.2. The maximum absolute atomic E-state index is 12.9. The predicted octanol–water partition coefficient (Wildman–Crippen LogP) is 4.96. The first-order chi connectivity index (χ1) is 42.7. The maximum Gasteiger partial charge on any atom is 0.302 e. The fourth-order valence-corrected chi connectivity index (χ4v) is 8.07. The van der Waals surface area contributed by atoms with Crippen molar-refractivity contribution in [1.82, 2.24) is 59.6 Å². The standard InChI is InChI=1S/C17H22N6O.2C16H20N6O/c1-11-5-6-23(15(24)8-18-3)9-14(11)22(4)17-13-7-12(2)21-16(13)19-10-20-17;2*1-11-5-7-22(14(23)8-17-2)9-13(11)21(3)16-12-4-6-18-15(12)19-10-20-16/h7,10-11,14H,5-6,8-9H2,1-2,4H3,(H,19,20,21);2*4,6,10-11,13H,5,7-9H2,1,3H3,(H,18,19,20)/t11-,14+;2*11-,13+/m111/s1/i1D3,4D3,5D2,6D2,7D,9D2,10D,11D,14D;1D3,8D2;8D2. The van der Waals surface area contributed by atoms with Crippen molar-refractivity contribution in [2.45, 2.75) is 64.9 Å². The first kappa shape index (κ1) is 28.0. The Balaban J connectivity index is 0.000000204. The Morgan fingerprint density at radius 2 is 1.37 bits per heavy atom. The molecule has 0 saturated carbocycles. The minimum Gasteiger partial charge on any atom is -0.354 e. The molecule has 3 aliphatic heterocycles. The molecule has 3 amide bonds. The van der Waals surface area contributed by atoms with Crippen LogP contribution >= 0.6 is 0 Å². The molecule has 0 aliphatic carbocycles. The van der Waals surface area contributed by atoms with Gasteiger partial charge in [0.15, 0.2) is 0 Å². The highest BCUT2D eigenvalue weighted by Crippen LogP contribution is 2.32. The molecule has 21 heteroatoms. The molecule has 3 N–H and O–H groups in total. The maximum atomic E-state index is 12.9. The molecule has 9 heterocycles. The molecule has 21 nitrogen and oxygen atoms in total. The van der Waals surface area contributed by atoms with Gasteiger partial charge in [-0.2, -0.15) is 0 Å². The van der Waals surface area contributed by atoms with E-state index in [9.17, 15) is 15.8 Å². The molecular formula is C49H62N18O3. The first-order valence-corrected chi connectivity index (χ1v) is 21.4. The fraction of sp³-hybridized carbons (Fsp3) is 0.510. The van der Waals surface area contributed by atoms with Gasteiger partial charge in [0.05, 0.1) is 39.7 Å². The molecule has 70 heavy (non-hydrogen) atoms.